The van der Waals surface area contributed by atoms with E-state index in [1.54, 1.807) is 0 Å². The Bertz CT molecular complexity index is 426. The zero-order valence-corrected chi connectivity index (χ0v) is 12.3. The molecule has 1 aromatic rings. The molecule has 0 saturated carbocycles. The number of carbonyl (C=O) groups is 2. The zero-order chi connectivity index (χ0) is 14.8. The summed E-state index contributed by atoms with van der Waals surface area (Å²) in [5, 5.41) is 2.89. The van der Waals surface area contributed by atoms with Crippen LogP contribution < -0.4 is 5.32 Å². The second-order valence-electron chi connectivity index (χ2n) is 4.90. The lowest BCUT2D eigenvalue weighted by Crippen LogP contribution is -2.26. The summed E-state index contributed by atoms with van der Waals surface area (Å²) in [5.41, 5.74) is 2.22. The lowest BCUT2D eigenvalue weighted by Gasteiger charge is -2.05. The number of rotatable bonds is 8. The minimum Gasteiger partial charge on any atom is -0.469 e. The van der Waals surface area contributed by atoms with E-state index in [9.17, 15) is 9.59 Å². The van der Waals surface area contributed by atoms with E-state index >= 15 is 0 Å². The van der Waals surface area contributed by atoms with Gasteiger partial charge in [0.25, 0.3) is 0 Å². The van der Waals surface area contributed by atoms with Gasteiger partial charge in [-0.25, -0.2) is 0 Å². The summed E-state index contributed by atoms with van der Waals surface area (Å²) >= 11 is 0. The number of benzene rings is 1. The standard InChI is InChI=1S/C16H23NO3/c1-13-7-9-14(10-8-13)12-15(18)17-11-5-3-4-6-16(19)20-2/h7-10H,3-6,11-12H2,1-2H3,(H,17,18). The average Bonchev–Trinajstić information content (AvgIpc) is 2.44. The van der Waals surface area contributed by atoms with Crippen LogP contribution in [0.5, 0.6) is 0 Å². The van der Waals surface area contributed by atoms with Gasteiger partial charge in [-0.15, -0.1) is 0 Å². The van der Waals surface area contributed by atoms with Gasteiger partial charge in [0.1, 0.15) is 0 Å². The van der Waals surface area contributed by atoms with Gasteiger partial charge in [-0.05, 0) is 25.3 Å². The monoisotopic (exact) mass is 277 g/mol. The maximum Gasteiger partial charge on any atom is 0.305 e. The van der Waals surface area contributed by atoms with Crippen molar-refractivity contribution in [1.29, 1.82) is 0 Å². The van der Waals surface area contributed by atoms with Gasteiger partial charge >= 0.3 is 5.97 Å². The number of ether oxygens (including phenoxy) is 1. The third-order valence-electron chi connectivity index (χ3n) is 3.09. The van der Waals surface area contributed by atoms with E-state index in [1.165, 1.54) is 12.7 Å². The molecule has 0 aromatic heterocycles. The number of amides is 1. The Morgan fingerprint density at radius 1 is 1.10 bits per heavy atom. The van der Waals surface area contributed by atoms with Gasteiger partial charge in [-0.3, -0.25) is 9.59 Å². The minimum absolute atomic E-state index is 0.0434. The molecule has 1 amide bonds. The van der Waals surface area contributed by atoms with Gasteiger partial charge < -0.3 is 10.1 Å². The molecule has 0 atom stereocenters. The Balaban J connectivity index is 2.08. The summed E-state index contributed by atoms with van der Waals surface area (Å²) in [7, 11) is 1.40. The van der Waals surface area contributed by atoms with Crippen molar-refractivity contribution in [2.45, 2.75) is 39.0 Å². The van der Waals surface area contributed by atoms with Crippen molar-refractivity contribution in [1.82, 2.24) is 5.32 Å². The average molecular weight is 277 g/mol. The lowest BCUT2D eigenvalue weighted by molar-refractivity contribution is -0.140. The van der Waals surface area contributed by atoms with Crippen molar-refractivity contribution in [3.8, 4) is 0 Å². The molecule has 1 rings (SSSR count). The molecule has 0 aliphatic carbocycles. The van der Waals surface area contributed by atoms with Crippen molar-refractivity contribution >= 4 is 11.9 Å². The number of nitrogens with one attached hydrogen (secondary N) is 1. The fourth-order valence-corrected chi connectivity index (χ4v) is 1.85. The van der Waals surface area contributed by atoms with Crippen LogP contribution in [-0.4, -0.2) is 25.5 Å². The molecule has 1 N–H and O–H groups in total. The summed E-state index contributed by atoms with van der Waals surface area (Å²) in [6.07, 6.45) is 3.48. The van der Waals surface area contributed by atoms with Gasteiger partial charge in [0, 0.05) is 13.0 Å². The number of aryl methyl sites for hydroxylation is 1. The van der Waals surface area contributed by atoms with Crippen molar-refractivity contribution in [3.63, 3.8) is 0 Å². The van der Waals surface area contributed by atoms with Gasteiger partial charge in [0.2, 0.25) is 5.91 Å². The van der Waals surface area contributed by atoms with Crippen LogP contribution in [0.25, 0.3) is 0 Å². The van der Waals surface area contributed by atoms with Crippen LogP contribution in [0, 0.1) is 6.92 Å². The summed E-state index contributed by atoms with van der Waals surface area (Å²) in [5.74, 6) is -0.129. The highest BCUT2D eigenvalue weighted by Crippen LogP contribution is 2.04. The van der Waals surface area contributed by atoms with Gasteiger partial charge in [-0.2, -0.15) is 0 Å². The van der Waals surface area contributed by atoms with Gasteiger partial charge in [0.05, 0.1) is 13.5 Å². The Kier molecular flexibility index (Phi) is 7.40. The van der Waals surface area contributed by atoms with E-state index < -0.39 is 0 Å². The first-order valence-corrected chi connectivity index (χ1v) is 7.01. The van der Waals surface area contributed by atoms with E-state index in [4.69, 9.17) is 0 Å². The van der Waals surface area contributed by atoms with E-state index in [2.05, 4.69) is 10.1 Å². The van der Waals surface area contributed by atoms with Crippen molar-refractivity contribution in [2.75, 3.05) is 13.7 Å². The van der Waals surface area contributed by atoms with E-state index in [1.807, 2.05) is 31.2 Å². The molecule has 20 heavy (non-hydrogen) atoms. The third kappa shape index (κ3) is 6.92. The number of methoxy groups -OCH3 is 1. The minimum atomic E-state index is -0.173. The molecule has 0 radical (unpaired) electrons. The van der Waals surface area contributed by atoms with Crippen LogP contribution in [0.3, 0.4) is 0 Å². The first-order valence-electron chi connectivity index (χ1n) is 7.01. The molecular formula is C16H23NO3. The quantitative estimate of drug-likeness (QED) is 0.586. The Hall–Kier alpha value is -1.84. The predicted octanol–water partition coefficient (Wildman–Crippen LogP) is 2.39. The molecule has 0 bridgehead atoms. The smallest absolute Gasteiger partial charge is 0.305 e. The molecule has 0 aliphatic heterocycles. The molecule has 0 saturated heterocycles. The topological polar surface area (TPSA) is 55.4 Å². The molecule has 0 unspecified atom stereocenters. The first-order chi connectivity index (χ1) is 9.61. The molecule has 0 aliphatic rings. The fourth-order valence-electron chi connectivity index (χ4n) is 1.85. The van der Waals surface area contributed by atoms with Crippen LogP contribution >= 0.6 is 0 Å². The number of esters is 1. The molecule has 110 valence electrons. The Labute approximate surface area is 120 Å². The van der Waals surface area contributed by atoms with Crippen LogP contribution in [0.1, 0.15) is 36.8 Å². The summed E-state index contributed by atoms with van der Waals surface area (Å²) < 4.78 is 4.56. The van der Waals surface area contributed by atoms with E-state index in [0.717, 1.165) is 24.8 Å². The molecule has 0 heterocycles. The molecule has 0 spiro atoms. The highest BCUT2D eigenvalue weighted by Gasteiger charge is 2.03. The van der Waals surface area contributed by atoms with E-state index in [0.29, 0.717) is 19.4 Å². The van der Waals surface area contributed by atoms with Crippen molar-refractivity contribution < 1.29 is 14.3 Å². The molecular weight excluding hydrogens is 254 g/mol. The summed E-state index contributed by atoms with van der Waals surface area (Å²) in [6.45, 7) is 2.68. The second-order valence-corrected chi connectivity index (χ2v) is 4.90. The third-order valence-corrected chi connectivity index (χ3v) is 3.09. The van der Waals surface area contributed by atoms with Gasteiger partial charge in [0.15, 0.2) is 0 Å². The van der Waals surface area contributed by atoms with Crippen molar-refractivity contribution in [3.05, 3.63) is 35.4 Å². The number of hydrogen-bond acceptors (Lipinski definition) is 3. The van der Waals surface area contributed by atoms with Crippen LogP contribution in [-0.2, 0) is 20.7 Å². The number of carbonyl (C=O) groups excluding carboxylic acids is 2. The predicted molar refractivity (Wildman–Crippen MR) is 78.4 cm³/mol. The summed E-state index contributed by atoms with van der Waals surface area (Å²) in [6, 6.07) is 7.97. The maximum absolute atomic E-state index is 11.7. The maximum atomic E-state index is 11.7. The number of unbranched alkanes of at least 4 members (excludes halogenated alkanes) is 2. The summed E-state index contributed by atoms with van der Waals surface area (Å²) in [4.78, 5) is 22.6. The lowest BCUT2D eigenvalue weighted by atomic mass is 10.1. The molecule has 0 fully saturated rings. The highest BCUT2D eigenvalue weighted by molar-refractivity contribution is 5.78. The van der Waals surface area contributed by atoms with Crippen LogP contribution in [0.15, 0.2) is 24.3 Å². The fraction of sp³-hybridized carbons (Fsp3) is 0.500. The molecule has 1 aromatic carbocycles. The van der Waals surface area contributed by atoms with Crippen LogP contribution in [0.4, 0.5) is 0 Å². The molecule has 4 heteroatoms. The highest BCUT2D eigenvalue weighted by atomic mass is 16.5. The molecule has 4 nitrogen and oxygen atoms in total. The largest absolute Gasteiger partial charge is 0.469 e. The Morgan fingerprint density at radius 2 is 1.80 bits per heavy atom. The SMILES string of the molecule is COC(=O)CCCCCNC(=O)Cc1ccc(C)cc1. The normalized spacial score (nSPS) is 10.1. The van der Waals surface area contributed by atoms with Crippen molar-refractivity contribution in [2.24, 2.45) is 0 Å². The Morgan fingerprint density at radius 3 is 2.45 bits per heavy atom. The number of hydrogen-bond donors (Lipinski definition) is 1. The van der Waals surface area contributed by atoms with Crippen LogP contribution in [0.2, 0.25) is 0 Å². The first kappa shape index (κ1) is 16.2. The second kappa shape index (κ2) is 9.13. The van der Waals surface area contributed by atoms with Gasteiger partial charge in [-0.1, -0.05) is 36.2 Å². The zero-order valence-electron chi connectivity index (χ0n) is 12.3. The van der Waals surface area contributed by atoms with E-state index in [-0.39, 0.29) is 11.9 Å².